The summed E-state index contributed by atoms with van der Waals surface area (Å²) >= 11 is 0. The lowest BCUT2D eigenvalue weighted by Gasteiger charge is -2.35. The van der Waals surface area contributed by atoms with Crippen molar-refractivity contribution in [2.24, 2.45) is 17.8 Å². The first kappa shape index (κ1) is 16.7. The van der Waals surface area contributed by atoms with Gasteiger partial charge in [-0.3, -0.25) is 0 Å². The first-order valence-corrected chi connectivity index (χ1v) is 9.86. The van der Waals surface area contributed by atoms with E-state index in [4.69, 9.17) is 0 Å². The van der Waals surface area contributed by atoms with E-state index in [0.717, 1.165) is 17.8 Å². The third-order valence-corrected chi connectivity index (χ3v) is 5.43. The monoisotopic (exact) mass is 291 g/mol. The molecule has 0 unspecified atom stereocenters. The van der Waals surface area contributed by atoms with Gasteiger partial charge in [-0.1, -0.05) is 56.7 Å². The Kier molecular flexibility index (Phi) is 9.69. The van der Waals surface area contributed by atoms with Crippen LogP contribution in [0.4, 0.5) is 0 Å². The maximum absolute atomic E-state index is 3.62. The number of hydrogen-bond acceptors (Lipinski definition) is 0. The van der Waals surface area contributed by atoms with Gasteiger partial charge < -0.3 is 0 Å². The summed E-state index contributed by atoms with van der Waals surface area (Å²) < 4.78 is 0. The van der Waals surface area contributed by atoms with Crippen LogP contribution in [0.25, 0.3) is 0 Å². The zero-order valence-electron chi connectivity index (χ0n) is 11.7. The summed E-state index contributed by atoms with van der Waals surface area (Å²) in [5.41, 5.74) is 0. The summed E-state index contributed by atoms with van der Waals surface area (Å²) in [6.07, 6.45) is 12.9. The van der Waals surface area contributed by atoms with Crippen molar-refractivity contribution in [1.82, 2.24) is 0 Å². The molecule has 1 aliphatic rings. The summed E-state index contributed by atoms with van der Waals surface area (Å²) in [7, 11) is 10.9. The van der Waals surface area contributed by atoms with Crippen LogP contribution in [-0.4, -0.2) is 30.7 Å². The van der Waals surface area contributed by atoms with Crippen molar-refractivity contribution >= 4 is 30.7 Å². The van der Waals surface area contributed by atoms with Crippen LogP contribution in [0, 0.1) is 17.8 Å². The van der Waals surface area contributed by atoms with Crippen LogP contribution in [0.2, 0.25) is 18.1 Å². The van der Waals surface area contributed by atoms with Crippen LogP contribution in [0.3, 0.4) is 0 Å². The summed E-state index contributed by atoms with van der Waals surface area (Å²) in [6.45, 7) is 0. The van der Waals surface area contributed by atoms with Crippen LogP contribution in [-0.2, 0) is 0 Å². The third kappa shape index (κ3) is 6.71. The third-order valence-electron chi connectivity index (χ3n) is 4.37. The molecule has 0 atom stereocenters. The van der Waals surface area contributed by atoms with Crippen LogP contribution in [0.15, 0.2) is 0 Å². The first-order valence-electron chi connectivity index (χ1n) is 7.73. The highest BCUT2D eigenvalue weighted by Gasteiger charge is 2.27. The molecule has 1 rings (SSSR count). The predicted molar refractivity (Wildman–Crippen MR) is 83.7 cm³/mol. The van der Waals surface area contributed by atoms with E-state index in [1.165, 1.54) is 75.9 Å². The van der Waals surface area contributed by atoms with E-state index < -0.39 is 0 Å². The number of hydrogen-bond donors (Lipinski definition) is 0. The van der Waals surface area contributed by atoms with Crippen molar-refractivity contribution in [1.29, 1.82) is 0 Å². The van der Waals surface area contributed by atoms with Gasteiger partial charge in [-0.15, -0.1) is 0 Å². The summed E-state index contributed by atoms with van der Waals surface area (Å²) in [5, 5.41) is 0. The molecule has 1 aliphatic carbocycles. The smallest absolute Gasteiger partial charge is 0.0222 e. The van der Waals surface area contributed by atoms with Crippen molar-refractivity contribution in [3.05, 3.63) is 0 Å². The SMILES string of the molecule is [Si]CCCC1CC(CCC[Si])CC(CCC[Si])C1. The molecular weight excluding hydrogens is 264 g/mol. The van der Waals surface area contributed by atoms with E-state index in [0.29, 0.717) is 0 Å². The van der Waals surface area contributed by atoms with Gasteiger partial charge in [0.15, 0.2) is 0 Å². The molecule has 0 bridgehead atoms. The molecule has 3 heteroatoms. The molecule has 0 aromatic rings. The Labute approximate surface area is 124 Å². The van der Waals surface area contributed by atoms with E-state index in [2.05, 4.69) is 30.7 Å². The van der Waals surface area contributed by atoms with Gasteiger partial charge in [0.2, 0.25) is 0 Å². The predicted octanol–water partition coefficient (Wildman–Crippen LogP) is 4.12. The van der Waals surface area contributed by atoms with E-state index in [9.17, 15) is 0 Å². The quantitative estimate of drug-likeness (QED) is 0.561. The zero-order valence-corrected chi connectivity index (χ0v) is 14.7. The minimum absolute atomic E-state index is 1.01. The van der Waals surface area contributed by atoms with E-state index in [-0.39, 0.29) is 0 Å². The molecule has 1 fully saturated rings. The first-order chi connectivity index (χ1) is 8.80. The van der Waals surface area contributed by atoms with Crippen molar-refractivity contribution in [2.75, 3.05) is 0 Å². The molecule has 0 amide bonds. The number of rotatable bonds is 9. The Hall–Kier alpha value is 0.651. The lowest BCUT2D eigenvalue weighted by molar-refractivity contribution is 0.169. The summed E-state index contributed by atoms with van der Waals surface area (Å²) in [6, 6.07) is 3.52. The van der Waals surface area contributed by atoms with E-state index in [1.54, 1.807) is 0 Å². The second-order valence-corrected chi connectivity index (χ2v) is 7.48. The van der Waals surface area contributed by atoms with E-state index >= 15 is 0 Å². The molecule has 0 aromatic heterocycles. The molecule has 0 nitrogen and oxygen atoms in total. The highest BCUT2D eigenvalue weighted by molar-refractivity contribution is 6.08. The Morgan fingerprint density at radius 2 is 0.833 bits per heavy atom. The molecule has 0 saturated heterocycles. The zero-order chi connectivity index (χ0) is 13.2. The highest BCUT2D eigenvalue weighted by atomic mass is 28.2. The van der Waals surface area contributed by atoms with Gasteiger partial charge in [0, 0.05) is 30.7 Å². The minimum Gasteiger partial charge on any atom is -0.0638 e. The van der Waals surface area contributed by atoms with Crippen molar-refractivity contribution in [2.45, 2.75) is 75.9 Å². The van der Waals surface area contributed by atoms with Gasteiger partial charge in [0.05, 0.1) is 0 Å². The van der Waals surface area contributed by atoms with Gasteiger partial charge in [0.25, 0.3) is 0 Å². The molecule has 18 heavy (non-hydrogen) atoms. The fourth-order valence-corrected chi connectivity index (χ4v) is 4.19. The average molecular weight is 292 g/mol. The van der Waals surface area contributed by atoms with Crippen LogP contribution >= 0.6 is 0 Å². The fourth-order valence-electron chi connectivity index (χ4n) is 3.58. The maximum Gasteiger partial charge on any atom is 0.0222 e. The van der Waals surface area contributed by atoms with Crippen molar-refractivity contribution in [3.63, 3.8) is 0 Å². The second kappa shape index (κ2) is 10.4. The lowest BCUT2D eigenvalue weighted by atomic mass is 9.71. The highest BCUT2D eigenvalue weighted by Crippen LogP contribution is 2.40. The minimum atomic E-state index is 1.01. The van der Waals surface area contributed by atoms with Gasteiger partial charge in [0.1, 0.15) is 0 Å². The molecule has 0 aliphatic heterocycles. The standard InChI is InChI=1S/C15H27Si3/c16-7-1-4-13-10-14(5-2-8-17)12-15(11-13)6-3-9-18/h13-15H,1-12H2. The Balaban J connectivity index is 2.38. The fraction of sp³-hybridized carbons (Fsp3) is 1.00. The second-order valence-electron chi connectivity index (χ2n) is 5.98. The van der Waals surface area contributed by atoms with Crippen LogP contribution in [0.1, 0.15) is 57.8 Å². The molecular formula is C15H27Si3. The van der Waals surface area contributed by atoms with E-state index in [1.807, 2.05) is 0 Å². The van der Waals surface area contributed by atoms with Crippen LogP contribution < -0.4 is 0 Å². The molecule has 0 N–H and O–H groups in total. The van der Waals surface area contributed by atoms with Gasteiger partial charge in [-0.25, -0.2) is 0 Å². The van der Waals surface area contributed by atoms with Gasteiger partial charge in [-0.2, -0.15) is 0 Å². The van der Waals surface area contributed by atoms with Gasteiger partial charge >= 0.3 is 0 Å². The van der Waals surface area contributed by atoms with Crippen molar-refractivity contribution < 1.29 is 0 Å². The Bertz CT molecular complexity index is 157. The van der Waals surface area contributed by atoms with Crippen molar-refractivity contribution in [3.8, 4) is 0 Å². The molecule has 0 aromatic carbocycles. The Morgan fingerprint density at radius 3 is 1.06 bits per heavy atom. The Morgan fingerprint density at radius 1 is 0.556 bits per heavy atom. The average Bonchev–Trinajstić information content (AvgIpc) is 2.40. The summed E-state index contributed by atoms with van der Waals surface area (Å²) in [5.74, 6) is 3.03. The normalized spacial score (nSPS) is 28.5. The molecule has 0 spiro atoms. The molecule has 0 heterocycles. The summed E-state index contributed by atoms with van der Waals surface area (Å²) in [4.78, 5) is 0. The topological polar surface area (TPSA) is 0 Å². The lowest BCUT2D eigenvalue weighted by Crippen LogP contribution is -2.23. The maximum atomic E-state index is 3.62. The van der Waals surface area contributed by atoms with Crippen LogP contribution in [0.5, 0.6) is 0 Å². The molecule has 1 saturated carbocycles. The molecule has 99 valence electrons. The van der Waals surface area contributed by atoms with Gasteiger partial charge in [-0.05, 0) is 37.0 Å². The largest absolute Gasteiger partial charge is 0.0638 e. The molecule has 9 radical (unpaired) electrons.